The fourth-order valence-electron chi connectivity index (χ4n) is 1.79. The van der Waals surface area contributed by atoms with Gasteiger partial charge in [-0.3, -0.25) is 0 Å². The van der Waals surface area contributed by atoms with Crippen molar-refractivity contribution in [2.75, 3.05) is 19.5 Å². The van der Waals surface area contributed by atoms with E-state index in [0.29, 0.717) is 23.7 Å². The van der Waals surface area contributed by atoms with Crippen LogP contribution in [-0.4, -0.2) is 19.1 Å². The maximum Gasteiger partial charge on any atom is 0.162 e. The third-order valence-electron chi connectivity index (χ3n) is 2.80. The second-order valence-corrected chi connectivity index (χ2v) is 4.03. The van der Waals surface area contributed by atoms with Crippen LogP contribution in [0.5, 0.6) is 11.5 Å². The van der Waals surface area contributed by atoms with Gasteiger partial charge in [-0.15, -0.1) is 0 Å². The highest BCUT2D eigenvalue weighted by atomic mass is 16.5. The van der Waals surface area contributed by atoms with Gasteiger partial charge in [0, 0.05) is 24.9 Å². The van der Waals surface area contributed by atoms with Crippen molar-refractivity contribution in [2.24, 2.45) is 0 Å². The van der Waals surface area contributed by atoms with E-state index in [9.17, 15) is 0 Å². The summed E-state index contributed by atoms with van der Waals surface area (Å²) in [5.41, 5.74) is 1.48. The van der Waals surface area contributed by atoms with Gasteiger partial charge < -0.3 is 14.8 Å². The van der Waals surface area contributed by atoms with Crippen molar-refractivity contribution in [1.29, 1.82) is 5.26 Å². The second kappa shape index (κ2) is 6.43. The number of nitrogens with one attached hydrogen (secondary N) is 1. The van der Waals surface area contributed by atoms with E-state index >= 15 is 0 Å². The molecule has 0 unspecified atom stereocenters. The highest BCUT2D eigenvalue weighted by molar-refractivity contribution is 5.47. The zero-order chi connectivity index (χ0) is 14.4. The molecule has 0 radical (unpaired) electrons. The van der Waals surface area contributed by atoms with Crippen LogP contribution in [0.3, 0.4) is 0 Å². The third kappa shape index (κ3) is 2.98. The van der Waals surface area contributed by atoms with Crippen molar-refractivity contribution in [3.8, 4) is 17.6 Å². The van der Waals surface area contributed by atoms with E-state index in [-0.39, 0.29) is 0 Å². The lowest BCUT2D eigenvalue weighted by Crippen LogP contribution is -2.03. The molecule has 20 heavy (non-hydrogen) atoms. The van der Waals surface area contributed by atoms with Crippen molar-refractivity contribution in [2.45, 2.75) is 6.61 Å². The summed E-state index contributed by atoms with van der Waals surface area (Å²) in [6.45, 7) is 0.367. The first kappa shape index (κ1) is 13.7. The van der Waals surface area contributed by atoms with Gasteiger partial charge in [0.25, 0.3) is 0 Å². The summed E-state index contributed by atoms with van der Waals surface area (Å²) in [6, 6.07) is 10.9. The Morgan fingerprint density at radius 2 is 2.15 bits per heavy atom. The molecule has 0 atom stereocenters. The number of pyridine rings is 1. The summed E-state index contributed by atoms with van der Waals surface area (Å²) in [5.74, 6) is 1.91. The molecule has 5 heteroatoms. The maximum absolute atomic E-state index is 8.86. The van der Waals surface area contributed by atoms with Crippen molar-refractivity contribution >= 4 is 5.82 Å². The average molecular weight is 269 g/mol. The summed E-state index contributed by atoms with van der Waals surface area (Å²) >= 11 is 0. The molecular formula is C15H15N3O2. The van der Waals surface area contributed by atoms with Crippen LogP contribution in [0.15, 0.2) is 36.5 Å². The number of nitriles is 1. The Hall–Kier alpha value is -2.74. The molecule has 0 bridgehead atoms. The highest BCUT2D eigenvalue weighted by Crippen LogP contribution is 2.29. The Kier molecular flexibility index (Phi) is 4.40. The maximum atomic E-state index is 8.86. The lowest BCUT2D eigenvalue weighted by molar-refractivity contribution is 0.284. The topological polar surface area (TPSA) is 67.2 Å². The Labute approximate surface area is 117 Å². The smallest absolute Gasteiger partial charge is 0.162 e. The van der Waals surface area contributed by atoms with Gasteiger partial charge in [-0.05, 0) is 18.2 Å². The minimum atomic E-state index is 0.367. The van der Waals surface area contributed by atoms with E-state index in [2.05, 4.69) is 16.4 Å². The Morgan fingerprint density at radius 3 is 2.85 bits per heavy atom. The Morgan fingerprint density at radius 1 is 1.30 bits per heavy atom. The molecule has 0 fully saturated rings. The van der Waals surface area contributed by atoms with Crippen LogP contribution in [0.1, 0.15) is 11.1 Å². The molecule has 5 nitrogen and oxygen atoms in total. The molecule has 1 N–H and O–H groups in total. The van der Waals surface area contributed by atoms with E-state index in [1.807, 2.05) is 19.2 Å². The van der Waals surface area contributed by atoms with Crippen molar-refractivity contribution in [1.82, 2.24) is 4.98 Å². The van der Waals surface area contributed by atoms with Gasteiger partial charge in [0.1, 0.15) is 12.4 Å². The molecule has 0 amide bonds. The van der Waals surface area contributed by atoms with Crippen molar-refractivity contribution < 1.29 is 9.47 Å². The van der Waals surface area contributed by atoms with Crippen LogP contribution in [-0.2, 0) is 6.61 Å². The van der Waals surface area contributed by atoms with Gasteiger partial charge >= 0.3 is 0 Å². The first-order valence-corrected chi connectivity index (χ1v) is 6.11. The van der Waals surface area contributed by atoms with E-state index in [0.717, 1.165) is 11.4 Å². The zero-order valence-corrected chi connectivity index (χ0v) is 11.4. The zero-order valence-electron chi connectivity index (χ0n) is 11.4. The average Bonchev–Trinajstić information content (AvgIpc) is 2.52. The molecule has 1 heterocycles. The predicted molar refractivity (Wildman–Crippen MR) is 75.8 cm³/mol. The lowest BCUT2D eigenvalue weighted by atomic mass is 10.2. The molecule has 102 valence electrons. The summed E-state index contributed by atoms with van der Waals surface area (Å²) in [7, 11) is 3.36. The number of hydrogen-bond donors (Lipinski definition) is 1. The molecule has 1 aromatic heterocycles. The predicted octanol–water partition coefficient (Wildman–Crippen LogP) is 2.58. The van der Waals surface area contributed by atoms with Crippen LogP contribution in [0.4, 0.5) is 5.82 Å². The van der Waals surface area contributed by atoms with E-state index in [4.69, 9.17) is 14.7 Å². The van der Waals surface area contributed by atoms with Crippen molar-refractivity contribution in [3.63, 3.8) is 0 Å². The number of ether oxygens (including phenoxy) is 2. The molecule has 0 saturated heterocycles. The van der Waals surface area contributed by atoms with E-state index in [1.165, 1.54) is 0 Å². The first-order valence-electron chi connectivity index (χ1n) is 6.11. The molecule has 0 saturated carbocycles. The summed E-state index contributed by atoms with van der Waals surface area (Å²) in [5, 5.41) is 11.9. The number of benzene rings is 1. The summed E-state index contributed by atoms with van der Waals surface area (Å²) in [6.07, 6.45) is 1.72. The standard InChI is InChI=1S/C15H15N3O2/c1-17-15-12(4-3-7-18-15)10-20-13-6-5-11(9-16)8-14(13)19-2/h3-8H,10H2,1-2H3,(H,17,18). The van der Waals surface area contributed by atoms with Gasteiger partial charge in [0.15, 0.2) is 11.5 Å². The largest absolute Gasteiger partial charge is 0.493 e. The number of aromatic nitrogens is 1. The second-order valence-electron chi connectivity index (χ2n) is 4.03. The van der Waals surface area contributed by atoms with Gasteiger partial charge in [-0.1, -0.05) is 6.07 Å². The van der Waals surface area contributed by atoms with Crippen LogP contribution in [0.2, 0.25) is 0 Å². The monoisotopic (exact) mass is 269 g/mol. The number of rotatable bonds is 5. The minimum absolute atomic E-state index is 0.367. The molecule has 0 aliphatic heterocycles. The lowest BCUT2D eigenvalue weighted by Gasteiger charge is -2.12. The van der Waals surface area contributed by atoms with Crippen LogP contribution in [0.25, 0.3) is 0 Å². The number of nitrogens with zero attached hydrogens (tertiary/aromatic N) is 2. The molecule has 0 aliphatic carbocycles. The van der Waals surface area contributed by atoms with Gasteiger partial charge in [-0.25, -0.2) is 4.98 Å². The highest BCUT2D eigenvalue weighted by Gasteiger charge is 2.08. The van der Waals surface area contributed by atoms with Gasteiger partial charge in [-0.2, -0.15) is 5.26 Å². The normalized spacial score (nSPS) is 9.65. The summed E-state index contributed by atoms with van der Waals surface area (Å²) < 4.78 is 11.0. The van der Waals surface area contributed by atoms with Gasteiger partial charge in [0.05, 0.1) is 18.7 Å². The molecule has 0 spiro atoms. The van der Waals surface area contributed by atoms with E-state index < -0.39 is 0 Å². The fraction of sp³-hybridized carbons (Fsp3) is 0.200. The van der Waals surface area contributed by atoms with Crippen LogP contribution >= 0.6 is 0 Å². The van der Waals surface area contributed by atoms with Crippen molar-refractivity contribution in [3.05, 3.63) is 47.7 Å². The SMILES string of the molecule is CNc1ncccc1COc1ccc(C#N)cc1OC. The first-order chi connectivity index (χ1) is 9.78. The molecule has 2 rings (SSSR count). The molecule has 1 aromatic carbocycles. The fourth-order valence-corrected chi connectivity index (χ4v) is 1.79. The quantitative estimate of drug-likeness (QED) is 0.903. The third-order valence-corrected chi connectivity index (χ3v) is 2.80. The van der Waals surface area contributed by atoms with Gasteiger partial charge in [0.2, 0.25) is 0 Å². The molecular weight excluding hydrogens is 254 g/mol. The molecule has 2 aromatic rings. The Bertz CT molecular complexity index is 635. The van der Waals surface area contributed by atoms with E-state index in [1.54, 1.807) is 31.5 Å². The number of anilines is 1. The van der Waals surface area contributed by atoms with Crippen LogP contribution in [0, 0.1) is 11.3 Å². The van der Waals surface area contributed by atoms with Crippen LogP contribution < -0.4 is 14.8 Å². The number of methoxy groups -OCH3 is 1. The Balaban J connectivity index is 2.17. The summed E-state index contributed by atoms with van der Waals surface area (Å²) in [4.78, 5) is 4.21. The minimum Gasteiger partial charge on any atom is -0.493 e. The molecule has 0 aliphatic rings. The number of hydrogen-bond acceptors (Lipinski definition) is 5.